The van der Waals surface area contributed by atoms with Gasteiger partial charge in [-0.05, 0) is 24.6 Å². The molecule has 0 saturated carbocycles. The summed E-state index contributed by atoms with van der Waals surface area (Å²) in [6.07, 6.45) is 0. The molecule has 0 saturated heterocycles. The molecular formula is C10H8BrClO3. The molecule has 2 rings (SSSR count). The molecule has 1 heterocycles. The van der Waals surface area contributed by atoms with Crippen LogP contribution in [0.25, 0.3) is 0 Å². The lowest BCUT2D eigenvalue weighted by Crippen LogP contribution is -2.09. The van der Waals surface area contributed by atoms with E-state index in [-0.39, 0.29) is 12.6 Å². The molecule has 3 nitrogen and oxygen atoms in total. The first-order valence-electron chi connectivity index (χ1n) is 4.32. The van der Waals surface area contributed by atoms with Crippen molar-refractivity contribution in [3.8, 4) is 11.5 Å². The quantitative estimate of drug-likeness (QED) is 0.621. The molecule has 0 spiro atoms. The maximum atomic E-state index is 11.7. The monoisotopic (exact) mass is 290 g/mol. The van der Waals surface area contributed by atoms with E-state index in [4.69, 9.17) is 21.1 Å². The molecule has 0 N–H and O–H groups in total. The smallest absolute Gasteiger partial charge is 0.231 e. The van der Waals surface area contributed by atoms with Crippen LogP contribution in [0.4, 0.5) is 0 Å². The Morgan fingerprint density at radius 2 is 2.07 bits per heavy atom. The number of fused-ring (bicyclic) bond motifs is 1. The van der Waals surface area contributed by atoms with Crippen molar-refractivity contribution in [1.29, 1.82) is 0 Å². The third kappa shape index (κ3) is 1.96. The van der Waals surface area contributed by atoms with E-state index < -0.39 is 4.29 Å². The average molecular weight is 292 g/mol. The van der Waals surface area contributed by atoms with E-state index in [2.05, 4.69) is 15.9 Å². The first-order chi connectivity index (χ1) is 7.09. The van der Waals surface area contributed by atoms with E-state index in [9.17, 15) is 4.79 Å². The largest absolute Gasteiger partial charge is 0.454 e. The van der Waals surface area contributed by atoms with Crippen molar-refractivity contribution in [2.45, 2.75) is 11.2 Å². The van der Waals surface area contributed by atoms with Crippen LogP contribution < -0.4 is 9.47 Å². The number of aryl methyl sites for hydroxylation is 1. The number of carbonyl (C=O) groups is 1. The highest BCUT2D eigenvalue weighted by molar-refractivity contribution is 9.10. The number of ether oxygens (including phenoxy) is 2. The highest BCUT2D eigenvalue weighted by Gasteiger charge is 2.21. The molecule has 1 aromatic rings. The van der Waals surface area contributed by atoms with Gasteiger partial charge in [-0.25, -0.2) is 0 Å². The third-order valence-electron chi connectivity index (χ3n) is 2.18. The zero-order chi connectivity index (χ0) is 11.0. The van der Waals surface area contributed by atoms with Crippen LogP contribution in [-0.2, 0) is 0 Å². The minimum Gasteiger partial charge on any atom is -0.454 e. The number of ketones is 1. The van der Waals surface area contributed by atoms with E-state index in [1.807, 2.05) is 6.92 Å². The lowest BCUT2D eigenvalue weighted by Gasteiger charge is -2.06. The van der Waals surface area contributed by atoms with Crippen molar-refractivity contribution in [3.63, 3.8) is 0 Å². The minimum absolute atomic E-state index is 0.174. The van der Waals surface area contributed by atoms with Crippen molar-refractivity contribution in [2.75, 3.05) is 6.79 Å². The van der Waals surface area contributed by atoms with Gasteiger partial charge in [0.05, 0.1) is 0 Å². The van der Waals surface area contributed by atoms with Crippen LogP contribution in [0.3, 0.4) is 0 Å². The number of halogens is 2. The number of alkyl halides is 2. The van der Waals surface area contributed by atoms with Crippen molar-refractivity contribution in [2.24, 2.45) is 0 Å². The maximum Gasteiger partial charge on any atom is 0.231 e. The average Bonchev–Trinajstić information content (AvgIpc) is 2.62. The molecule has 1 atom stereocenters. The maximum absolute atomic E-state index is 11.7. The number of carbonyl (C=O) groups excluding carboxylic acids is 1. The summed E-state index contributed by atoms with van der Waals surface area (Å²) in [5, 5.41) is 0. The number of hydrogen-bond donors (Lipinski definition) is 0. The predicted molar refractivity (Wildman–Crippen MR) is 60.2 cm³/mol. The Morgan fingerprint density at radius 3 is 2.67 bits per heavy atom. The Bertz CT molecular complexity index is 417. The summed E-state index contributed by atoms with van der Waals surface area (Å²) in [6.45, 7) is 2.03. The Morgan fingerprint density at radius 1 is 1.47 bits per heavy atom. The lowest BCUT2D eigenvalue weighted by molar-refractivity contribution is 0.101. The molecule has 1 aliphatic rings. The summed E-state index contributed by atoms with van der Waals surface area (Å²) in [7, 11) is 0. The molecule has 0 aromatic heterocycles. The molecule has 1 aromatic carbocycles. The molecule has 0 fully saturated rings. The summed E-state index contributed by atoms with van der Waals surface area (Å²) in [6, 6.07) is 3.44. The van der Waals surface area contributed by atoms with Gasteiger partial charge < -0.3 is 9.47 Å². The zero-order valence-electron chi connectivity index (χ0n) is 7.92. The first-order valence-corrected chi connectivity index (χ1v) is 5.67. The Labute approximate surface area is 100 Å². The molecule has 1 aliphatic heterocycles. The Balaban J connectivity index is 2.45. The standard InChI is InChI=1S/C10H8BrClO3/c1-5-2-7-8(15-4-14-7)3-6(5)9(13)10(11)12/h2-3,10H,4H2,1H3. The molecule has 80 valence electrons. The van der Waals surface area contributed by atoms with Gasteiger partial charge in [-0.2, -0.15) is 0 Å². The van der Waals surface area contributed by atoms with Crippen LogP contribution in [0.2, 0.25) is 0 Å². The van der Waals surface area contributed by atoms with Crippen LogP contribution in [-0.4, -0.2) is 16.9 Å². The van der Waals surface area contributed by atoms with Crippen molar-refractivity contribution >= 4 is 33.3 Å². The van der Waals surface area contributed by atoms with Gasteiger partial charge in [0.25, 0.3) is 0 Å². The highest BCUT2D eigenvalue weighted by atomic mass is 79.9. The van der Waals surface area contributed by atoms with Crippen molar-refractivity contribution in [1.82, 2.24) is 0 Å². The Hall–Kier alpha value is -0.740. The van der Waals surface area contributed by atoms with E-state index in [1.165, 1.54) is 0 Å². The van der Waals surface area contributed by atoms with Gasteiger partial charge in [0.2, 0.25) is 6.79 Å². The molecule has 0 radical (unpaired) electrons. The van der Waals surface area contributed by atoms with Gasteiger partial charge in [0.1, 0.15) is 0 Å². The van der Waals surface area contributed by atoms with Gasteiger partial charge in [-0.15, -0.1) is 11.6 Å². The number of Topliss-reactive ketones (excluding diaryl/α,β-unsaturated/α-hetero) is 1. The highest BCUT2D eigenvalue weighted by Crippen LogP contribution is 2.35. The second-order valence-corrected chi connectivity index (χ2v) is 5.06. The second kappa shape index (κ2) is 4.02. The fraction of sp³-hybridized carbons (Fsp3) is 0.300. The van der Waals surface area contributed by atoms with Crippen molar-refractivity contribution in [3.05, 3.63) is 23.3 Å². The zero-order valence-corrected chi connectivity index (χ0v) is 10.3. The normalized spacial score (nSPS) is 15.1. The predicted octanol–water partition coefficient (Wildman–Crippen LogP) is 2.87. The number of benzene rings is 1. The molecule has 1 unspecified atom stereocenters. The van der Waals surface area contributed by atoms with Gasteiger partial charge in [-0.1, -0.05) is 15.9 Å². The third-order valence-corrected chi connectivity index (χ3v) is 2.80. The summed E-state index contributed by atoms with van der Waals surface area (Å²) in [5.41, 5.74) is 1.38. The lowest BCUT2D eigenvalue weighted by atomic mass is 10.0. The first kappa shape index (κ1) is 10.8. The van der Waals surface area contributed by atoms with Gasteiger partial charge in [0.15, 0.2) is 21.6 Å². The molecular weight excluding hydrogens is 283 g/mol. The minimum atomic E-state index is -0.712. The van der Waals surface area contributed by atoms with E-state index >= 15 is 0 Å². The molecule has 5 heteroatoms. The van der Waals surface area contributed by atoms with Crippen LogP contribution in [0.1, 0.15) is 15.9 Å². The van der Waals surface area contributed by atoms with Gasteiger partial charge in [-0.3, -0.25) is 4.79 Å². The van der Waals surface area contributed by atoms with Crippen molar-refractivity contribution < 1.29 is 14.3 Å². The fourth-order valence-electron chi connectivity index (χ4n) is 1.43. The van der Waals surface area contributed by atoms with Gasteiger partial charge in [0, 0.05) is 5.56 Å². The van der Waals surface area contributed by atoms with E-state index in [0.29, 0.717) is 17.1 Å². The Kier molecular flexibility index (Phi) is 2.89. The molecule has 0 bridgehead atoms. The van der Waals surface area contributed by atoms with E-state index in [1.54, 1.807) is 12.1 Å². The summed E-state index contributed by atoms with van der Waals surface area (Å²) in [4.78, 5) is 11.7. The molecule has 0 aliphatic carbocycles. The van der Waals surface area contributed by atoms with Gasteiger partial charge >= 0.3 is 0 Å². The van der Waals surface area contributed by atoms with Crippen LogP contribution in [0, 0.1) is 6.92 Å². The van der Waals surface area contributed by atoms with Crippen LogP contribution in [0.5, 0.6) is 11.5 Å². The number of rotatable bonds is 2. The summed E-state index contributed by atoms with van der Waals surface area (Å²) >= 11 is 8.72. The molecule has 15 heavy (non-hydrogen) atoms. The van der Waals surface area contributed by atoms with Crippen LogP contribution in [0.15, 0.2) is 12.1 Å². The summed E-state index contributed by atoms with van der Waals surface area (Å²) < 4.78 is 9.68. The van der Waals surface area contributed by atoms with Crippen LogP contribution >= 0.6 is 27.5 Å². The fourth-order valence-corrected chi connectivity index (χ4v) is 1.79. The summed E-state index contributed by atoms with van der Waals surface area (Å²) in [5.74, 6) is 1.09. The topological polar surface area (TPSA) is 35.5 Å². The molecule has 0 amide bonds. The van der Waals surface area contributed by atoms with E-state index in [0.717, 1.165) is 5.56 Å². The SMILES string of the molecule is Cc1cc2c(cc1C(=O)C(Cl)Br)OCO2. The second-order valence-electron chi connectivity index (χ2n) is 3.19. The number of hydrogen-bond acceptors (Lipinski definition) is 3.